The highest BCUT2D eigenvalue weighted by Crippen LogP contribution is 2.35. The molecule has 1 aromatic heterocycles. The van der Waals surface area contributed by atoms with Crippen LogP contribution in [0.3, 0.4) is 0 Å². The van der Waals surface area contributed by atoms with Crippen molar-refractivity contribution in [2.45, 2.75) is 13.3 Å². The van der Waals surface area contributed by atoms with Crippen molar-refractivity contribution in [1.82, 2.24) is 4.98 Å². The molecule has 0 unspecified atom stereocenters. The van der Waals surface area contributed by atoms with Crippen molar-refractivity contribution in [3.05, 3.63) is 54.1 Å². The Morgan fingerprint density at radius 2 is 1.81 bits per heavy atom. The number of hydrogen-bond acceptors (Lipinski definition) is 3. The number of aromatic nitrogens is 1. The minimum absolute atomic E-state index is 0.295. The standard InChI is InChI=1S/C18H15NO2/c1-2-12-3-4-13-5-7-15(19-16(13)9-12)14-6-8-17-18(10-14)21-11-20-17/h3-10H,2,11H2,1H3. The van der Waals surface area contributed by atoms with E-state index in [0.29, 0.717) is 6.79 Å². The summed E-state index contributed by atoms with van der Waals surface area (Å²) in [6.07, 6.45) is 1.02. The molecular weight excluding hydrogens is 262 g/mol. The molecule has 3 aromatic rings. The Kier molecular flexibility index (Phi) is 2.78. The molecular formula is C18H15NO2. The van der Waals surface area contributed by atoms with Crippen molar-refractivity contribution in [2.24, 2.45) is 0 Å². The van der Waals surface area contributed by atoms with Crippen LogP contribution in [0, 0.1) is 0 Å². The second kappa shape index (κ2) is 4.77. The van der Waals surface area contributed by atoms with Gasteiger partial charge < -0.3 is 9.47 Å². The first kappa shape index (κ1) is 12.2. The fourth-order valence-corrected chi connectivity index (χ4v) is 2.60. The molecule has 2 aromatic carbocycles. The zero-order valence-electron chi connectivity index (χ0n) is 11.8. The number of rotatable bonds is 2. The summed E-state index contributed by atoms with van der Waals surface area (Å²) in [6, 6.07) is 16.5. The van der Waals surface area contributed by atoms with Gasteiger partial charge in [0.2, 0.25) is 6.79 Å². The van der Waals surface area contributed by atoms with E-state index in [-0.39, 0.29) is 0 Å². The van der Waals surface area contributed by atoms with Crippen LogP contribution in [-0.4, -0.2) is 11.8 Å². The van der Waals surface area contributed by atoms with Crippen LogP contribution >= 0.6 is 0 Å². The van der Waals surface area contributed by atoms with Crippen LogP contribution in [0.5, 0.6) is 11.5 Å². The molecule has 21 heavy (non-hydrogen) atoms. The van der Waals surface area contributed by atoms with Gasteiger partial charge in [-0.1, -0.05) is 25.1 Å². The Morgan fingerprint density at radius 3 is 2.71 bits per heavy atom. The average Bonchev–Trinajstić information content (AvgIpc) is 3.01. The van der Waals surface area contributed by atoms with Gasteiger partial charge in [0.15, 0.2) is 11.5 Å². The quantitative estimate of drug-likeness (QED) is 0.703. The summed E-state index contributed by atoms with van der Waals surface area (Å²) in [5, 5.41) is 1.16. The zero-order chi connectivity index (χ0) is 14.2. The molecule has 104 valence electrons. The first-order valence-corrected chi connectivity index (χ1v) is 7.13. The molecule has 0 radical (unpaired) electrons. The highest BCUT2D eigenvalue weighted by molar-refractivity contribution is 5.82. The lowest BCUT2D eigenvalue weighted by atomic mass is 10.1. The number of ether oxygens (including phenoxy) is 2. The number of nitrogens with zero attached hydrogens (tertiary/aromatic N) is 1. The number of fused-ring (bicyclic) bond motifs is 2. The molecule has 0 spiro atoms. The van der Waals surface area contributed by atoms with Crippen molar-refractivity contribution in [1.29, 1.82) is 0 Å². The second-order valence-corrected chi connectivity index (χ2v) is 5.15. The van der Waals surface area contributed by atoms with E-state index in [4.69, 9.17) is 14.5 Å². The molecule has 0 N–H and O–H groups in total. The highest BCUT2D eigenvalue weighted by atomic mass is 16.7. The third-order valence-corrected chi connectivity index (χ3v) is 3.83. The van der Waals surface area contributed by atoms with Crippen LogP contribution in [0.4, 0.5) is 0 Å². The zero-order valence-corrected chi connectivity index (χ0v) is 11.8. The molecule has 2 heterocycles. The Bertz CT molecular complexity index is 827. The Hall–Kier alpha value is -2.55. The number of hydrogen-bond donors (Lipinski definition) is 0. The molecule has 0 saturated carbocycles. The maximum Gasteiger partial charge on any atom is 0.231 e. The molecule has 0 bridgehead atoms. The number of aryl methyl sites for hydroxylation is 1. The van der Waals surface area contributed by atoms with Gasteiger partial charge in [-0.15, -0.1) is 0 Å². The van der Waals surface area contributed by atoms with Crippen molar-refractivity contribution < 1.29 is 9.47 Å². The number of pyridine rings is 1. The van der Waals surface area contributed by atoms with E-state index >= 15 is 0 Å². The third kappa shape index (κ3) is 2.11. The molecule has 1 aliphatic rings. The molecule has 0 fully saturated rings. The normalized spacial score (nSPS) is 12.8. The predicted octanol–water partition coefficient (Wildman–Crippen LogP) is 4.19. The number of benzene rings is 2. The van der Waals surface area contributed by atoms with E-state index in [1.165, 1.54) is 5.56 Å². The monoisotopic (exact) mass is 277 g/mol. The van der Waals surface area contributed by atoms with Gasteiger partial charge in [0.1, 0.15) is 0 Å². The van der Waals surface area contributed by atoms with Crippen molar-refractivity contribution in [3.63, 3.8) is 0 Å². The molecule has 0 saturated heterocycles. The lowest BCUT2D eigenvalue weighted by Gasteiger charge is -2.06. The summed E-state index contributed by atoms with van der Waals surface area (Å²) < 4.78 is 10.8. The summed E-state index contributed by atoms with van der Waals surface area (Å²) in [6.45, 7) is 2.45. The van der Waals surface area contributed by atoms with Crippen LogP contribution in [0.15, 0.2) is 48.5 Å². The summed E-state index contributed by atoms with van der Waals surface area (Å²) in [5.41, 5.74) is 4.33. The van der Waals surface area contributed by atoms with Crippen LogP contribution in [0.1, 0.15) is 12.5 Å². The van der Waals surface area contributed by atoms with E-state index in [9.17, 15) is 0 Å². The summed E-state index contributed by atoms with van der Waals surface area (Å²) in [4.78, 5) is 4.78. The van der Waals surface area contributed by atoms with Gasteiger partial charge >= 0.3 is 0 Å². The van der Waals surface area contributed by atoms with Crippen LogP contribution in [0.2, 0.25) is 0 Å². The van der Waals surface area contributed by atoms with Gasteiger partial charge in [-0.3, -0.25) is 0 Å². The molecule has 0 atom stereocenters. The summed E-state index contributed by atoms with van der Waals surface area (Å²) in [7, 11) is 0. The first-order valence-electron chi connectivity index (χ1n) is 7.13. The van der Waals surface area contributed by atoms with E-state index < -0.39 is 0 Å². The van der Waals surface area contributed by atoms with Gasteiger partial charge in [0.05, 0.1) is 11.2 Å². The third-order valence-electron chi connectivity index (χ3n) is 3.83. The lowest BCUT2D eigenvalue weighted by molar-refractivity contribution is 0.174. The van der Waals surface area contributed by atoms with E-state index in [1.807, 2.05) is 24.3 Å². The largest absolute Gasteiger partial charge is 0.454 e. The van der Waals surface area contributed by atoms with E-state index in [0.717, 1.165) is 40.1 Å². The molecule has 3 nitrogen and oxygen atoms in total. The van der Waals surface area contributed by atoms with Gasteiger partial charge in [-0.2, -0.15) is 0 Å². The molecule has 0 aliphatic carbocycles. The Morgan fingerprint density at radius 1 is 0.952 bits per heavy atom. The fraction of sp³-hybridized carbons (Fsp3) is 0.167. The van der Waals surface area contributed by atoms with Crippen molar-refractivity contribution >= 4 is 10.9 Å². The molecule has 4 rings (SSSR count). The van der Waals surface area contributed by atoms with E-state index in [2.05, 4.69) is 31.2 Å². The summed E-state index contributed by atoms with van der Waals surface area (Å²) in [5.74, 6) is 1.59. The summed E-state index contributed by atoms with van der Waals surface area (Å²) >= 11 is 0. The second-order valence-electron chi connectivity index (χ2n) is 5.15. The minimum Gasteiger partial charge on any atom is -0.454 e. The topological polar surface area (TPSA) is 31.4 Å². The van der Waals surface area contributed by atoms with Gasteiger partial charge in [0.25, 0.3) is 0 Å². The first-order chi connectivity index (χ1) is 10.3. The van der Waals surface area contributed by atoms with E-state index in [1.54, 1.807) is 0 Å². The maximum absolute atomic E-state index is 5.43. The predicted molar refractivity (Wildman–Crippen MR) is 82.7 cm³/mol. The minimum atomic E-state index is 0.295. The van der Waals surface area contributed by atoms with Crippen molar-refractivity contribution in [3.8, 4) is 22.8 Å². The van der Waals surface area contributed by atoms with Gasteiger partial charge in [-0.25, -0.2) is 4.98 Å². The molecule has 1 aliphatic heterocycles. The molecule has 3 heteroatoms. The van der Waals surface area contributed by atoms with Crippen LogP contribution in [-0.2, 0) is 6.42 Å². The highest BCUT2D eigenvalue weighted by Gasteiger charge is 2.14. The lowest BCUT2D eigenvalue weighted by Crippen LogP contribution is -1.92. The van der Waals surface area contributed by atoms with Crippen LogP contribution in [0.25, 0.3) is 22.2 Å². The molecule has 0 amide bonds. The fourth-order valence-electron chi connectivity index (χ4n) is 2.60. The average molecular weight is 277 g/mol. The van der Waals surface area contributed by atoms with Crippen molar-refractivity contribution in [2.75, 3.05) is 6.79 Å². The SMILES string of the molecule is CCc1ccc2ccc(-c3ccc4c(c3)OCO4)nc2c1. The van der Waals surface area contributed by atoms with Crippen LogP contribution < -0.4 is 9.47 Å². The maximum atomic E-state index is 5.43. The van der Waals surface area contributed by atoms with Gasteiger partial charge in [-0.05, 0) is 42.3 Å². The van der Waals surface area contributed by atoms with Gasteiger partial charge in [0, 0.05) is 10.9 Å². The Balaban J connectivity index is 1.82. The smallest absolute Gasteiger partial charge is 0.231 e. The Labute approximate surface area is 123 Å².